The quantitative estimate of drug-likeness (QED) is 0.784. The van der Waals surface area contributed by atoms with Gasteiger partial charge in [-0.05, 0) is 51.0 Å². The Morgan fingerprint density at radius 1 is 1.38 bits per heavy atom. The number of hydrogen-bond acceptors (Lipinski definition) is 4. The fourth-order valence-corrected chi connectivity index (χ4v) is 2.91. The minimum Gasteiger partial charge on any atom is -0.491 e. The summed E-state index contributed by atoms with van der Waals surface area (Å²) in [4.78, 5) is 14.3. The van der Waals surface area contributed by atoms with E-state index in [1.165, 1.54) is 7.11 Å². The molecule has 1 aromatic carbocycles. The standard InChI is InChI=1S/C16H22ClNO3/c1-18-9-7-12(8-10-18)13(16(19)20-2)11-21-15-6-4-3-5-14(15)17/h3-6,12-13H,7-11H2,1-2H3. The van der Waals surface area contributed by atoms with Crippen molar-refractivity contribution in [2.24, 2.45) is 11.8 Å². The molecule has 1 heterocycles. The zero-order chi connectivity index (χ0) is 15.2. The van der Waals surface area contributed by atoms with Gasteiger partial charge in [-0.3, -0.25) is 4.79 Å². The second-order valence-electron chi connectivity index (χ2n) is 5.51. The molecule has 1 aromatic rings. The van der Waals surface area contributed by atoms with E-state index in [1.54, 1.807) is 6.07 Å². The highest BCUT2D eigenvalue weighted by Crippen LogP contribution is 2.28. The second kappa shape index (κ2) is 7.66. The second-order valence-corrected chi connectivity index (χ2v) is 5.92. The number of likely N-dealkylation sites (tertiary alicyclic amines) is 1. The Labute approximate surface area is 131 Å². The normalized spacial score (nSPS) is 18.2. The van der Waals surface area contributed by atoms with Crippen LogP contribution in [0.15, 0.2) is 24.3 Å². The summed E-state index contributed by atoms with van der Waals surface area (Å²) < 4.78 is 10.7. The molecule has 0 aliphatic carbocycles. The van der Waals surface area contributed by atoms with E-state index >= 15 is 0 Å². The number of esters is 1. The van der Waals surface area contributed by atoms with Crippen LogP contribution in [0.25, 0.3) is 0 Å². The topological polar surface area (TPSA) is 38.8 Å². The van der Waals surface area contributed by atoms with Crippen molar-refractivity contribution >= 4 is 17.6 Å². The van der Waals surface area contributed by atoms with E-state index < -0.39 is 0 Å². The number of hydrogen-bond donors (Lipinski definition) is 0. The summed E-state index contributed by atoms with van der Waals surface area (Å²) in [6.07, 6.45) is 1.98. The summed E-state index contributed by atoms with van der Waals surface area (Å²) in [7, 11) is 3.53. The maximum atomic E-state index is 12.1. The van der Waals surface area contributed by atoms with E-state index in [0.29, 0.717) is 23.3 Å². The number of methoxy groups -OCH3 is 1. The first-order chi connectivity index (χ1) is 10.1. The van der Waals surface area contributed by atoms with Gasteiger partial charge in [-0.15, -0.1) is 0 Å². The van der Waals surface area contributed by atoms with Gasteiger partial charge in [-0.1, -0.05) is 23.7 Å². The van der Waals surface area contributed by atoms with Crippen LogP contribution in [0.3, 0.4) is 0 Å². The number of ether oxygens (including phenoxy) is 2. The van der Waals surface area contributed by atoms with Crippen LogP contribution in [-0.4, -0.2) is 44.7 Å². The molecule has 4 nitrogen and oxygen atoms in total. The van der Waals surface area contributed by atoms with Crippen molar-refractivity contribution in [3.63, 3.8) is 0 Å². The SMILES string of the molecule is COC(=O)C(COc1ccccc1Cl)C1CCN(C)CC1. The molecule has 5 heteroatoms. The number of rotatable bonds is 5. The van der Waals surface area contributed by atoms with Gasteiger partial charge in [-0.25, -0.2) is 0 Å². The molecule has 0 radical (unpaired) electrons. The van der Waals surface area contributed by atoms with Gasteiger partial charge >= 0.3 is 5.97 Å². The molecule has 0 spiro atoms. The monoisotopic (exact) mass is 311 g/mol. The van der Waals surface area contributed by atoms with E-state index in [-0.39, 0.29) is 11.9 Å². The van der Waals surface area contributed by atoms with Crippen LogP contribution in [0.1, 0.15) is 12.8 Å². The van der Waals surface area contributed by atoms with Gasteiger partial charge < -0.3 is 14.4 Å². The largest absolute Gasteiger partial charge is 0.491 e. The first kappa shape index (κ1) is 16.1. The van der Waals surface area contributed by atoms with Crippen molar-refractivity contribution in [1.82, 2.24) is 4.90 Å². The summed E-state index contributed by atoms with van der Waals surface area (Å²) in [5.41, 5.74) is 0. The highest BCUT2D eigenvalue weighted by atomic mass is 35.5. The third kappa shape index (κ3) is 4.35. The van der Waals surface area contributed by atoms with Gasteiger partial charge in [0.05, 0.1) is 18.1 Å². The molecular weight excluding hydrogens is 290 g/mol. The van der Waals surface area contributed by atoms with Gasteiger partial charge in [0.1, 0.15) is 12.4 Å². The molecule has 116 valence electrons. The number of piperidine rings is 1. The first-order valence-electron chi connectivity index (χ1n) is 7.25. The Balaban J connectivity index is 2.00. The Morgan fingerprint density at radius 3 is 2.67 bits per heavy atom. The highest BCUT2D eigenvalue weighted by molar-refractivity contribution is 6.32. The number of halogens is 1. The molecular formula is C16H22ClNO3. The van der Waals surface area contributed by atoms with Crippen LogP contribution in [0, 0.1) is 11.8 Å². The smallest absolute Gasteiger partial charge is 0.312 e. The molecule has 1 fully saturated rings. The summed E-state index contributed by atoms with van der Waals surface area (Å²) in [5, 5.41) is 0.560. The maximum Gasteiger partial charge on any atom is 0.312 e. The molecule has 0 bridgehead atoms. The van der Waals surface area contributed by atoms with Crippen LogP contribution < -0.4 is 4.74 Å². The van der Waals surface area contributed by atoms with Crippen LogP contribution in [0.5, 0.6) is 5.75 Å². The zero-order valence-electron chi connectivity index (χ0n) is 12.5. The minimum atomic E-state index is -0.236. The van der Waals surface area contributed by atoms with Crippen molar-refractivity contribution in [2.45, 2.75) is 12.8 Å². The van der Waals surface area contributed by atoms with Crippen molar-refractivity contribution in [2.75, 3.05) is 33.9 Å². The van der Waals surface area contributed by atoms with Gasteiger partial charge in [0.25, 0.3) is 0 Å². The lowest BCUT2D eigenvalue weighted by Gasteiger charge is -2.32. The minimum absolute atomic E-state index is 0.198. The number of carbonyl (C=O) groups is 1. The van der Waals surface area contributed by atoms with Gasteiger partial charge in [0, 0.05) is 0 Å². The van der Waals surface area contributed by atoms with Crippen molar-refractivity contribution < 1.29 is 14.3 Å². The van der Waals surface area contributed by atoms with E-state index in [2.05, 4.69) is 11.9 Å². The summed E-state index contributed by atoms with van der Waals surface area (Å²) in [6.45, 7) is 2.32. The van der Waals surface area contributed by atoms with Crippen LogP contribution in [0.2, 0.25) is 5.02 Å². The van der Waals surface area contributed by atoms with Crippen molar-refractivity contribution in [3.8, 4) is 5.75 Å². The molecule has 1 aliphatic heterocycles. The van der Waals surface area contributed by atoms with Crippen LogP contribution >= 0.6 is 11.6 Å². The Bertz CT molecular complexity index is 472. The molecule has 0 amide bonds. The molecule has 1 saturated heterocycles. The van der Waals surface area contributed by atoms with Gasteiger partial charge in [-0.2, -0.15) is 0 Å². The Morgan fingerprint density at radius 2 is 2.05 bits per heavy atom. The molecule has 1 atom stereocenters. The Kier molecular flexibility index (Phi) is 5.88. The third-order valence-corrected chi connectivity index (χ3v) is 4.40. The summed E-state index contributed by atoms with van der Waals surface area (Å²) in [5.74, 6) is 0.480. The lowest BCUT2D eigenvalue weighted by molar-refractivity contribution is -0.149. The molecule has 1 unspecified atom stereocenters. The lowest BCUT2D eigenvalue weighted by atomic mass is 9.85. The molecule has 0 aromatic heterocycles. The van der Waals surface area contributed by atoms with E-state index in [1.807, 2.05) is 18.2 Å². The lowest BCUT2D eigenvalue weighted by Crippen LogP contribution is -2.38. The van der Waals surface area contributed by atoms with E-state index in [9.17, 15) is 4.79 Å². The highest BCUT2D eigenvalue weighted by Gasteiger charge is 2.32. The van der Waals surface area contributed by atoms with E-state index in [0.717, 1.165) is 25.9 Å². The summed E-state index contributed by atoms with van der Waals surface area (Å²) in [6, 6.07) is 7.30. The average molecular weight is 312 g/mol. The average Bonchev–Trinajstić information content (AvgIpc) is 2.50. The van der Waals surface area contributed by atoms with Crippen LogP contribution in [-0.2, 0) is 9.53 Å². The predicted octanol–water partition coefficient (Wildman–Crippen LogP) is 2.85. The number of para-hydroxylation sites is 1. The third-order valence-electron chi connectivity index (χ3n) is 4.09. The van der Waals surface area contributed by atoms with Gasteiger partial charge in [0.2, 0.25) is 0 Å². The van der Waals surface area contributed by atoms with Crippen molar-refractivity contribution in [1.29, 1.82) is 0 Å². The number of carbonyl (C=O) groups excluding carboxylic acids is 1. The molecule has 0 N–H and O–H groups in total. The predicted molar refractivity (Wildman–Crippen MR) is 82.7 cm³/mol. The summed E-state index contributed by atoms with van der Waals surface area (Å²) >= 11 is 6.08. The van der Waals surface area contributed by atoms with Gasteiger partial charge in [0.15, 0.2) is 0 Å². The molecule has 0 saturated carbocycles. The zero-order valence-corrected chi connectivity index (χ0v) is 13.3. The fourth-order valence-electron chi connectivity index (χ4n) is 2.72. The number of nitrogens with zero attached hydrogens (tertiary/aromatic N) is 1. The van der Waals surface area contributed by atoms with Crippen molar-refractivity contribution in [3.05, 3.63) is 29.3 Å². The Hall–Kier alpha value is -1.26. The molecule has 21 heavy (non-hydrogen) atoms. The first-order valence-corrected chi connectivity index (χ1v) is 7.63. The maximum absolute atomic E-state index is 12.1. The molecule has 1 aliphatic rings. The van der Waals surface area contributed by atoms with E-state index in [4.69, 9.17) is 21.1 Å². The molecule has 2 rings (SSSR count). The fraction of sp³-hybridized carbons (Fsp3) is 0.562. The van der Waals surface area contributed by atoms with Crippen LogP contribution in [0.4, 0.5) is 0 Å². The number of benzene rings is 1.